The second-order valence-corrected chi connectivity index (χ2v) is 7.93. The van der Waals surface area contributed by atoms with Gasteiger partial charge in [-0.15, -0.1) is 0 Å². The third kappa shape index (κ3) is 4.08. The van der Waals surface area contributed by atoms with Crippen molar-refractivity contribution >= 4 is 16.6 Å². The molecule has 2 aromatic carbocycles. The molecule has 3 heterocycles. The Labute approximate surface area is 176 Å². The summed E-state index contributed by atoms with van der Waals surface area (Å²) in [6.07, 6.45) is 1.00. The van der Waals surface area contributed by atoms with Crippen LogP contribution in [0.1, 0.15) is 13.3 Å². The standard InChI is InChI=1S/C23H28N4O3/c1-16-15-24-5-2-8-29-19-3-4-22-21(14-19)23(26-25-22)17-11-18(13-20(12-17)30-16)27-6-9-28-10-7-27/h3-4,11-14,16,24H,2,5-10,15H2,1H3,(H,25,26)/t16-/m1/s1. The van der Waals surface area contributed by atoms with Crippen LogP contribution in [0.5, 0.6) is 11.5 Å². The molecule has 7 heteroatoms. The topological polar surface area (TPSA) is 71.6 Å². The van der Waals surface area contributed by atoms with E-state index in [1.165, 1.54) is 0 Å². The summed E-state index contributed by atoms with van der Waals surface area (Å²) in [5.41, 5.74) is 4.08. The zero-order valence-corrected chi connectivity index (χ0v) is 17.3. The number of hydrogen-bond donors (Lipinski definition) is 2. The summed E-state index contributed by atoms with van der Waals surface area (Å²) < 4.78 is 17.8. The molecule has 2 aliphatic rings. The second-order valence-electron chi connectivity index (χ2n) is 7.93. The van der Waals surface area contributed by atoms with Crippen LogP contribution < -0.4 is 19.7 Å². The van der Waals surface area contributed by atoms with Crippen LogP contribution in [0.15, 0.2) is 36.4 Å². The predicted molar refractivity (Wildman–Crippen MR) is 118 cm³/mol. The van der Waals surface area contributed by atoms with Crippen LogP contribution in [0.25, 0.3) is 22.2 Å². The maximum atomic E-state index is 6.30. The highest BCUT2D eigenvalue weighted by Gasteiger charge is 2.18. The zero-order chi connectivity index (χ0) is 20.3. The molecule has 4 bridgehead atoms. The molecule has 0 saturated carbocycles. The van der Waals surface area contributed by atoms with E-state index in [1.54, 1.807) is 0 Å². The van der Waals surface area contributed by atoms with Crippen molar-refractivity contribution in [2.24, 2.45) is 0 Å². The van der Waals surface area contributed by atoms with Gasteiger partial charge in [0, 0.05) is 42.3 Å². The van der Waals surface area contributed by atoms with Crippen LogP contribution in [-0.2, 0) is 4.74 Å². The molecule has 2 N–H and O–H groups in total. The van der Waals surface area contributed by atoms with Gasteiger partial charge in [-0.2, -0.15) is 5.10 Å². The van der Waals surface area contributed by atoms with Gasteiger partial charge in [0.25, 0.3) is 0 Å². The molecule has 1 fully saturated rings. The molecule has 0 spiro atoms. The van der Waals surface area contributed by atoms with Gasteiger partial charge >= 0.3 is 0 Å². The summed E-state index contributed by atoms with van der Waals surface area (Å²) in [6.45, 7) is 7.69. The summed E-state index contributed by atoms with van der Waals surface area (Å²) >= 11 is 0. The van der Waals surface area contributed by atoms with E-state index in [-0.39, 0.29) is 6.10 Å². The lowest BCUT2D eigenvalue weighted by atomic mass is 10.1. The number of rotatable bonds is 1. The second kappa shape index (κ2) is 8.53. The third-order valence-electron chi connectivity index (χ3n) is 5.61. The van der Waals surface area contributed by atoms with E-state index in [1.807, 2.05) is 12.1 Å². The molecule has 3 aromatic rings. The van der Waals surface area contributed by atoms with Crippen molar-refractivity contribution in [1.82, 2.24) is 15.5 Å². The fourth-order valence-corrected chi connectivity index (χ4v) is 4.06. The third-order valence-corrected chi connectivity index (χ3v) is 5.61. The number of fused-ring (bicyclic) bond motifs is 4. The molecule has 0 radical (unpaired) electrons. The predicted octanol–water partition coefficient (Wildman–Crippen LogP) is 3.21. The van der Waals surface area contributed by atoms with Crippen LogP contribution in [0.4, 0.5) is 5.69 Å². The van der Waals surface area contributed by atoms with Crippen molar-refractivity contribution in [2.45, 2.75) is 19.4 Å². The highest BCUT2D eigenvalue weighted by molar-refractivity contribution is 5.94. The minimum absolute atomic E-state index is 0.0593. The number of hydrogen-bond acceptors (Lipinski definition) is 6. The van der Waals surface area contributed by atoms with Gasteiger partial charge < -0.3 is 24.4 Å². The minimum atomic E-state index is 0.0593. The van der Waals surface area contributed by atoms with Crippen molar-refractivity contribution in [3.63, 3.8) is 0 Å². The van der Waals surface area contributed by atoms with Gasteiger partial charge in [-0.1, -0.05) is 0 Å². The highest BCUT2D eigenvalue weighted by Crippen LogP contribution is 2.35. The molecule has 5 rings (SSSR count). The Bertz CT molecular complexity index is 1010. The molecule has 2 aliphatic heterocycles. The van der Waals surface area contributed by atoms with Crippen LogP contribution in [0.2, 0.25) is 0 Å². The molecule has 1 atom stereocenters. The monoisotopic (exact) mass is 408 g/mol. The Hall–Kier alpha value is -2.77. The van der Waals surface area contributed by atoms with E-state index in [0.29, 0.717) is 6.61 Å². The molecule has 30 heavy (non-hydrogen) atoms. The number of nitrogens with zero attached hydrogens (tertiary/aromatic N) is 2. The van der Waals surface area contributed by atoms with Crippen LogP contribution in [0.3, 0.4) is 0 Å². The first-order chi connectivity index (χ1) is 14.8. The summed E-state index contributed by atoms with van der Waals surface area (Å²) in [4.78, 5) is 2.35. The highest BCUT2D eigenvalue weighted by atomic mass is 16.5. The molecule has 1 aromatic heterocycles. The summed E-state index contributed by atoms with van der Waals surface area (Å²) in [7, 11) is 0. The molecule has 0 amide bonds. The Balaban J connectivity index is 1.60. The average Bonchev–Trinajstić information content (AvgIpc) is 3.19. The van der Waals surface area contributed by atoms with E-state index in [0.717, 1.165) is 85.2 Å². The lowest BCUT2D eigenvalue weighted by Gasteiger charge is -2.29. The van der Waals surface area contributed by atoms with E-state index in [2.05, 4.69) is 51.6 Å². The van der Waals surface area contributed by atoms with Gasteiger partial charge in [0.2, 0.25) is 0 Å². The maximum absolute atomic E-state index is 6.30. The molecule has 7 nitrogen and oxygen atoms in total. The quantitative estimate of drug-likeness (QED) is 0.644. The summed E-state index contributed by atoms with van der Waals surface area (Å²) in [5.74, 6) is 1.73. The largest absolute Gasteiger partial charge is 0.494 e. The van der Waals surface area contributed by atoms with Crippen molar-refractivity contribution in [2.75, 3.05) is 50.9 Å². The van der Waals surface area contributed by atoms with Gasteiger partial charge in [0.1, 0.15) is 23.3 Å². The average molecular weight is 409 g/mol. The molecule has 1 saturated heterocycles. The van der Waals surface area contributed by atoms with Crippen LogP contribution >= 0.6 is 0 Å². The molecule has 158 valence electrons. The molecular formula is C23H28N4O3. The first kappa shape index (κ1) is 19.2. The maximum Gasteiger partial charge on any atom is 0.122 e. The fourth-order valence-electron chi connectivity index (χ4n) is 4.06. The van der Waals surface area contributed by atoms with Crippen LogP contribution in [-0.4, -0.2) is 62.3 Å². The van der Waals surface area contributed by atoms with Gasteiger partial charge in [0.05, 0.1) is 25.3 Å². The van der Waals surface area contributed by atoms with Crippen molar-refractivity contribution in [3.05, 3.63) is 36.4 Å². The number of H-pyrrole nitrogens is 1. The Morgan fingerprint density at radius 1 is 1.03 bits per heavy atom. The Morgan fingerprint density at radius 2 is 1.93 bits per heavy atom. The SMILES string of the molecule is C[C@@H]1CNCCCOc2ccc3[nH]nc(c3c2)-c2cc(cc(N3CCOCC3)c2)O1. The number of anilines is 1. The molecule has 0 unspecified atom stereocenters. The molecule has 0 aliphatic carbocycles. The number of benzene rings is 2. The summed E-state index contributed by atoms with van der Waals surface area (Å²) in [6, 6.07) is 12.5. The van der Waals surface area contributed by atoms with E-state index < -0.39 is 0 Å². The number of ether oxygens (including phenoxy) is 3. The van der Waals surface area contributed by atoms with Crippen molar-refractivity contribution < 1.29 is 14.2 Å². The van der Waals surface area contributed by atoms with Gasteiger partial charge in [0.15, 0.2) is 0 Å². The van der Waals surface area contributed by atoms with E-state index in [9.17, 15) is 0 Å². The number of nitrogens with one attached hydrogen (secondary N) is 2. The Morgan fingerprint density at radius 3 is 2.83 bits per heavy atom. The van der Waals surface area contributed by atoms with Gasteiger partial charge in [-0.3, -0.25) is 5.10 Å². The lowest BCUT2D eigenvalue weighted by molar-refractivity contribution is 0.122. The number of morpholine rings is 1. The zero-order valence-electron chi connectivity index (χ0n) is 17.3. The fraction of sp³-hybridized carbons (Fsp3) is 0.435. The van der Waals surface area contributed by atoms with Gasteiger partial charge in [-0.25, -0.2) is 0 Å². The first-order valence-corrected chi connectivity index (χ1v) is 10.7. The van der Waals surface area contributed by atoms with Crippen molar-refractivity contribution in [1.29, 1.82) is 0 Å². The number of aromatic amines is 1. The lowest BCUT2D eigenvalue weighted by Crippen LogP contribution is -2.36. The number of aromatic nitrogens is 2. The molecular weight excluding hydrogens is 380 g/mol. The van der Waals surface area contributed by atoms with E-state index in [4.69, 9.17) is 14.2 Å². The van der Waals surface area contributed by atoms with E-state index >= 15 is 0 Å². The minimum Gasteiger partial charge on any atom is -0.494 e. The Kier molecular flexibility index (Phi) is 5.46. The smallest absolute Gasteiger partial charge is 0.122 e. The van der Waals surface area contributed by atoms with Crippen molar-refractivity contribution in [3.8, 4) is 22.8 Å². The van der Waals surface area contributed by atoms with Gasteiger partial charge in [-0.05, 0) is 50.2 Å². The van der Waals surface area contributed by atoms with Crippen LogP contribution in [0, 0.1) is 0 Å². The first-order valence-electron chi connectivity index (χ1n) is 10.7. The summed E-state index contributed by atoms with van der Waals surface area (Å²) in [5, 5.41) is 12.3. The normalized spacial score (nSPS) is 20.3.